The van der Waals surface area contributed by atoms with Crippen molar-refractivity contribution in [1.82, 2.24) is 42.1 Å². The highest BCUT2D eigenvalue weighted by Crippen LogP contribution is 2.21. The maximum absolute atomic E-state index is 14.1. The van der Waals surface area contributed by atoms with Crippen LogP contribution in [0.25, 0.3) is 0 Å². The number of carboxylic acid groups (broad SMARTS) is 3. The fraction of sp³-hybridized carbons (Fsp3) is 0.698. The predicted octanol–water partition coefficient (Wildman–Crippen LogP) is -6.80. The van der Waals surface area contributed by atoms with Crippen molar-refractivity contribution >= 4 is 77.0 Å². The van der Waals surface area contributed by atoms with E-state index < -0.39 is 176 Å². The summed E-state index contributed by atoms with van der Waals surface area (Å²) < 4.78 is 0. The van der Waals surface area contributed by atoms with Gasteiger partial charge in [0, 0.05) is 25.8 Å². The van der Waals surface area contributed by atoms with E-state index in [4.69, 9.17) is 22.9 Å². The summed E-state index contributed by atoms with van der Waals surface area (Å²) in [6, 6.07) is -14.5. The first-order valence-corrected chi connectivity index (χ1v) is 23.5. The number of hydrogen-bond donors (Lipinski definition) is 16. The van der Waals surface area contributed by atoms with Gasteiger partial charge >= 0.3 is 17.9 Å². The lowest BCUT2D eigenvalue weighted by atomic mass is 10.0. The third-order valence-corrected chi connectivity index (χ3v) is 11.2. The first-order chi connectivity index (χ1) is 34.1. The van der Waals surface area contributed by atoms with Crippen molar-refractivity contribution in [3.63, 3.8) is 0 Å². The second-order valence-corrected chi connectivity index (χ2v) is 17.9. The minimum absolute atomic E-state index is 0.00294. The van der Waals surface area contributed by atoms with Gasteiger partial charge in [-0.1, -0.05) is 13.8 Å². The van der Waals surface area contributed by atoms with E-state index >= 15 is 0 Å². The molecule has 10 atom stereocenters. The SMILES string of the molecule is CC(C)C[C@H](NC(=O)[C@@H]1CCCN1C(=O)[C@H](CC(=O)O)NC(=O)[C@H](CCC(=O)O)NC(=O)[C@H](CCCCN)NC(=O)[C@H](CO)NC(=O)[C@H](CCC(N)=O)NC(=O)[C@@H](N)CCC(N)=O)C(=O)N[C@H](C(=O)O)[C@@H](C)O. The first-order valence-electron chi connectivity index (χ1n) is 23.5. The molecule has 1 rings (SSSR count). The van der Waals surface area contributed by atoms with E-state index in [9.17, 15) is 87.9 Å². The number of primary amides is 2. The Kier molecular flexibility index (Phi) is 28.1. The summed E-state index contributed by atoms with van der Waals surface area (Å²) in [5, 5.41) is 64.7. The van der Waals surface area contributed by atoms with Gasteiger partial charge in [0.05, 0.1) is 25.2 Å². The minimum Gasteiger partial charge on any atom is -0.481 e. The van der Waals surface area contributed by atoms with E-state index in [1.54, 1.807) is 13.8 Å². The van der Waals surface area contributed by atoms with Crippen LogP contribution in [0.5, 0.6) is 0 Å². The van der Waals surface area contributed by atoms with Crippen molar-refractivity contribution < 1.29 is 87.9 Å². The Bertz CT molecular complexity index is 1990. The number of carbonyl (C=O) groups is 13. The molecule has 73 heavy (non-hydrogen) atoms. The van der Waals surface area contributed by atoms with Crippen LogP contribution in [0, 0.1) is 5.92 Å². The van der Waals surface area contributed by atoms with Crippen LogP contribution in [0.1, 0.15) is 104 Å². The van der Waals surface area contributed by atoms with Gasteiger partial charge < -0.3 is 90.6 Å². The van der Waals surface area contributed by atoms with Crippen LogP contribution in [0.2, 0.25) is 0 Å². The number of rotatable bonds is 35. The molecular formula is C43H72N12O18. The minimum atomic E-state index is -1.93. The van der Waals surface area contributed by atoms with Crippen molar-refractivity contribution in [1.29, 1.82) is 0 Å². The molecule has 0 aromatic carbocycles. The first kappa shape index (κ1) is 64.0. The lowest BCUT2D eigenvalue weighted by molar-refractivity contribution is -0.146. The van der Waals surface area contributed by atoms with Crippen molar-refractivity contribution in [2.45, 2.75) is 165 Å². The van der Waals surface area contributed by atoms with Crippen molar-refractivity contribution in [3.05, 3.63) is 0 Å². The standard InChI is InChI=1S/C43H72N12O18/c1-20(2)17-26(39(68)54-34(21(3)57)43(72)73)51-41(70)29-8-6-16-55(29)42(71)27(18-33(62)63)52-37(66)25(11-14-32(60)61)50-36(65)23(7-4-5-15-44)49-40(69)28(19-56)53-38(67)24(10-13-31(47)59)48-35(64)22(45)9-12-30(46)58/h20-29,34,56-57H,4-19,44-45H2,1-3H3,(H2,46,58)(H2,47,59)(H,48,64)(H,49,69)(H,50,65)(H,51,70)(H,52,66)(H,53,67)(H,54,68)(H,60,61)(H,62,63)(H,72,73)/t21-,22+,23+,24+,25+,26+,27+,28+,29+,34+/m1/s1. The Morgan fingerprint density at radius 2 is 1.07 bits per heavy atom. The summed E-state index contributed by atoms with van der Waals surface area (Å²) in [5.74, 6) is -15.1. The molecule has 0 aliphatic carbocycles. The molecule has 0 bridgehead atoms. The Hall–Kier alpha value is -7.05. The molecule has 412 valence electrons. The zero-order valence-corrected chi connectivity index (χ0v) is 41.0. The van der Waals surface area contributed by atoms with E-state index in [2.05, 4.69) is 37.2 Å². The molecule has 1 saturated heterocycles. The third kappa shape index (κ3) is 23.4. The molecule has 10 amide bonds. The van der Waals surface area contributed by atoms with Gasteiger partial charge in [0.15, 0.2) is 6.04 Å². The van der Waals surface area contributed by atoms with E-state index in [-0.39, 0.29) is 64.0 Å². The van der Waals surface area contributed by atoms with Crippen molar-refractivity contribution in [2.24, 2.45) is 28.9 Å². The molecule has 30 heteroatoms. The number of carboxylic acids is 3. The van der Waals surface area contributed by atoms with Crippen LogP contribution in [-0.4, -0.2) is 188 Å². The predicted molar refractivity (Wildman–Crippen MR) is 251 cm³/mol. The van der Waals surface area contributed by atoms with E-state index in [1.165, 1.54) is 0 Å². The lowest BCUT2D eigenvalue weighted by Crippen LogP contribution is -2.61. The average molecular weight is 1050 g/mol. The maximum Gasteiger partial charge on any atom is 0.328 e. The summed E-state index contributed by atoms with van der Waals surface area (Å²) in [4.78, 5) is 167. The molecule has 0 radical (unpaired) electrons. The zero-order valence-electron chi connectivity index (χ0n) is 41.0. The van der Waals surface area contributed by atoms with Crippen molar-refractivity contribution in [2.75, 3.05) is 19.7 Å². The summed E-state index contributed by atoms with van der Waals surface area (Å²) in [6.07, 6.45) is -4.95. The molecule has 0 unspecified atom stereocenters. The smallest absolute Gasteiger partial charge is 0.328 e. The van der Waals surface area contributed by atoms with E-state index in [0.29, 0.717) is 6.42 Å². The highest BCUT2D eigenvalue weighted by atomic mass is 16.4. The lowest BCUT2D eigenvalue weighted by Gasteiger charge is -2.31. The number of nitrogens with one attached hydrogen (secondary N) is 7. The van der Waals surface area contributed by atoms with Gasteiger partial charge in [0.2, 0.25) is 59.1 Å². The Balaban J connectivity index is 3.43. The molecule has 0 spiro atoms. The molecule has 0 aromatic rings. The molecule has 1 aliphatic rings. The highest BCUT2D eigenvalue weighted by Gasteiger charge is 2.41. The molecule has 30 nitrogen and oxygen atoms in total. The fourth-order valence-corrected chi connectivity index (χ4v) is 7.34. The van der Waals surface area contributed by atoms with Crippen molar-refractivity contribution in [3.8, 4) is 0 Å². The highest BCUT2D eigenvalue weighted by molar-refractivity contribution is 5.99. The molecule has 1 aliphatic heterocycles. The maximum atomic E-state index is 14.1. The normalized spacial score (nSPS) is 16.9. The van der Waals surface area contributed by atoms with Crippen LogP contribution in [0.15, 0.2) is 0 Å². The average Bonchev–Trinajstić information content (AvgIpc) is 3.80. The van der Waals surface area contributed by atoms with Crippen LogP contribution in [0.4, 0.5) is 0 Å². The molecule has 0 aromatic heterocycles. The quantitative estimate of drug-likeness (QED) is 0.0262. The van der Waals surface area contributed by atoms with Gasteiger partial charge in [-0.3, -0.25) is 57.5 Å². The molecule has 1 fully saturated rings. The molecule has 20 N–H and O–H groups in total. The largest absolute Gasteiger partial charge is 0.481 e. The van der Waals surface area contributed by atoms with Gasteiger partial charge in [-0.15, -0.1) is 0 Å². The number of carbonyl (C=O) groups excluding carboxylic acids is 10. The zero-order chi connectivity index (χ0) is 55.7. The van der Waals surface area contributed by atoms with Crippen LogP contribution in [-0.2, 0) is 62.3 Å². The van der Waals surface area contributed by atoms with Crippen LogP contribution < -0.4 is 60.2 Å². The number of aliphatic hydroxyl groups is 2. The number of nitrogens with zero attached hydrogens (tertiary/aromatic N) is 1. The third-order valence-electron chi connectivity index (χ3n) is 11.2. The van der Waals surface area contributed by atoms with Crippen LogP contribution >= 0.6 is 0 Å². The molecule has 0 saturated carbocycles. The Morgan fingerprint density at radius 3 is 1.55 bits per heavy atom. The summed E-state index contributed by atoms with van der Waals surface area (Å²) in [5.41, 5.74) is 21.7. The topological polar surface area (TPSA) is 515 Å². The van der Waals surface area contributed by atoms with Gasteiger partial charge in [-0.05, 0) is 77.2 Å². The molecular weight excluding hydrogens is 973 g/mol. The number of amides is 10. The van der Waals surface area contributed by atoms with Gasteiger partial charge in [0.1, 0.15) is 42.3 Å². The Labute approximate surface area is 419 Å². The van der Waals surface area contributed by atoms with Gasteiger partial charge in [-0.2, -0.15) is 0 Å². The Morgan fingerprint density at radius 1 is 0.589 bits per heavy atom. The summed E-state index contributed by atoms with van der Waals surface area (Å²) >= 11 is 0. The number of likely N-dealkylation sites (tertiary alicyclic amines) is 1. The molecule has 1 heterocycles. The fourth-order valence-electron chi connectivity index (χ4n) is 7.34. The van der Waals surface area contributed by atoms with Crippen LogP contribution in [0.3, 0.4) is 0 Å². The number of hydrogen-bond acceptors (Lipinski definition) is 17. The second-order valence-electron chi connectivity index (χ2n) is 17.9. The number of aliphatic hydroxyl groups excluding tert-OH is 2. The summed E-state index contributed by atoms with van der Waals surface area (Å²) in [7, 11) is 0. The van der Waals surface area contributed by atoms with E-state index in [0.717, 1.165) is 11.8 Å². The number of aliphatic carboxylic acids is 3. The van der Waals surface area contributed by atoms with Gasteiger partial charge in [0.25, 0.3) is 0 Å². The second kappa shape index (κ2) is 32.1. The van der Waals surface area contributed by atoms with Gasteiger partial charge in [-0.25, -0.2) is 4.79 Å². The summed E-state index contributed by atoms with van der Waals surface area (Å²) in [6.45, 7) is 3.42. The number of nitrogens with two attached hydrogens (primary N) is 4. The monoisotopic (exact) mass is 1040 g/mol. The van der Waals surface area contributed by atoms with E-state index in [1.807, 2.05) is 0 Å². The number of unbranched alkanes of at least 4 members (excludes halogenated alkanes) is 1.